The molecule has 1 amide bonds. The number of carbonyl (C=O) groups excluding carboxylic acids is 1. The zero-order valence-corrected chi connectivity index (χ0v) is 13.5. The molecule has 0 aliphatic carbocycles. The molecule has 3 nitrogen and oxygen atoms in total. The standard InChI is InChI=1S/C14H16F5NO2Si/c1-4-23(2,3)11-7-5-6-10(8-11)20-12(21)13(16,22-9-15)14(17,18)19/h4-8H,1,9H2,2-3H3,(H,20,21). The largest absolute Gasteiger partial charge is 0.458 e. The summed E-state index contributed by atoms with van der Waals surface area (Å²) < 4.78 is 67.1. The van der Waals surface area contributed by atoms with Crippen LogP contribution in [-0.4, -0.2) is 32.9 Å². The van der Waals surface area contributed by atoms with Crippen molar-refractivity contribution in [2.24, 2.45) is 0 Å². The van der Waals surface area contributed by atoms with Crippen molar-refractivity contribution in [2.75, 3.05) is 12.2 Å². The van der Waals surface area contributed by atoms with Gasteiger partial charge < -0.3 is 5.32 Å². The number of halogens is 5. The van der Waals surface area contributed by atoms with Crippen molar-refractivity contribution in [3.63, 3.8) is 0 Å². The lowest BCUT2D eigenvalue weighted by atomic mass is 10.2. The summed E-state index contributed by atoms with van der Waals surface area (Å²) in [6.45, 7) is 5.47. The van der Waals surface area contributed by atoms with Gasteiger partial charge in [-0.2, -0.15) is 17.6 Å². The number of hydrogen-bond donors (Lipinski definition) is 1. The van der Waals surface area contributed by atoms with Crippen LogP contribution in [0.3, 0.4) is 0 Å². The minimum Gasteiger partial charge on any atom is -0.321 e. The molecule has 0 saturated carbocycles. The molecule has 1 unspecified atom stereocenters. The maximum Gasteiger partial charge on any atom is 0.458 e. The number of carbonyl (C=O) groups is 1. The molecule has 0 heterocycles. The quantitative estimate of drug-likeness (QED) is 0.629. The molecule has 0 aromatic heterocycles. The Balaban J connectivity index is 3.10. The summed E-state index contributed by atoms with van der Waals surface area (Å²) in [6.07, 6.45) is -5.71. The van der Waals surface area contributed by atoms with Crippen LogP contribution < -0.4 is 10.5 Å². The molecule has 0 radical (unpaired) electrons. The van der Waals surface area contributed by atoms with E-state index in [2.05, 4.69) is 11.3 Å². The lowest BCUT2D eigenvalue weighted by Gasteiger charge is -2.25. The molecule has 0 aliphatic rings. The molecule has 1 aromatic rings. The summed E-state index contributed by atoms with van der Waals surface area (Å²) in [7, 11) is -2.03. The average Bonchev–Trinajstić information content (AvgIpc) is 2.46. The van der Waals surface area contributed by atoms with Crippen molar-refractivity contribution in [2.45, 2.75) is 25.1 Å². The van der Waals surface area contributed by atoms with Crippen molar-refractivity contribution >= 4 is 24.9 Å². The molecule has 1 N–H and O–H groups in total. The Morgan fingerprint density at radius 2 is 1.96 bits per heavy atom. The first kappa shape index (κ1) is 19.3. The van der Waals surface area contributed by atoms with E-state index in [-0.39, 0.29) is 5.69 Å². The molecule has 23 heavy (non-hydrogen) atoms. The minimum atomic E-state index is -5.71. The average molecular weight is 353 g/mol. The first-order valence-corrected chi connectivity index (χ1v) is 9.57. The molecule has 9 heteroatoms. The fourth-order valence-electron chi connectivity index (χ4n) is 1.68. The van der Waals surface area contributed by atoms with Crippen LogP contribution in [0.25, 0.3) is 0 Å². The SMILES string of the molecule is C=C[Si](C)(C)c1cccc(NC(=O)C(F)(OCF)C(F)(F)F)c1. The van der Waals surface area contributed by atoms with E-state index in [0.717, 1.165) is 5.19 Å². The van der Waals surface area contributed by atoms with Crippen LogP contribution in [0.15, 0.2) is 36.5 Å². The minimum absolute atomic E-state index is 0.0522. The van der Waals surface area contributed by atoms with Crippen molar-refractivity contribution in [1.82, 2.24) is 0 Å². The summed E-state index contributed by atoms with van der Waals surface area (Å²) in [6, 6.07) is 5.96. The van der Waals surface area contributed by atoms with Crippen molar-refractivity contribution in [1.29, 1.82) is 0 Å². The predicted octanol–water partition coefficient (Wildman–Crippen LogP) is 3.44. The van der Waals surface area contributed by atoms with Gasteiger partial charge in [-0.15, -0.1) is 6.58 Å². The van der Waals surface area contributed by atoms with Crippen LogP contribution in [0.4, 0.5) is 27.6 Å². The van der Waals surface area contributed by atoms with Crippen LogP contribution in [0.5, 0.6) is 0 Å². The molecule has 0 saturated heterocycles. The van der Waals surface area contributed by atoms with E-state index in [1.54, 1.807) is 17.1 Å². The second-order valence-corrected chi connectivity index (χ2v) is 9.74. The molecule has 0 fully saturated rings. The number of alkyl halides is 5. The third kappa shape index (κ3) is 4.17. The van der Waals surface area contributed by atoms with Crippen molar-refractivity contribution < 1.29 is 31.5 Å². The van der Waals surface area contributed by atoms with Crippen LogP contribution in [-0.2, 0) is 9.53 Å². The molecular weight excluding hydrogens is 337 g/mol. The highest BCUT2D eigenvalue weighted by molar-refractivity contribution is 6.93. The number of nitrogens with one attached hydrogen (secondary N) is 1. The lowest BCUT2D eigenvalue weighted by molar-refractivity contribution is -0.320. The van der Waals surface area contributed by atoms with Gasteiger partial charge in [0.25, 0.3) is 5.91 Å². The molecule has 1 atom stereocenters. The fraction of sp³-hybridized carbons (Fsp3) is 0.357. The predicted molar refractivity (Wildman–Crippen MR) is 79.3 cm³/mol. The lowest BCUT2D eigenvalue weighted by Crippen LogP contribution is -2.53. The Hall–Kier alpha value is -1.74. The molecule has 0 bridgehead atoms. The summed E-state index contributed by atoms with van der Waals surface area (Å²) in [5, 5.41) is 2.54. The third-order valence-electron chi connectivity index (χ3n) is 3.28. The van der Waals surface area contributed by atoms with Gasteiger partial charge in [-0.3, -0.25) is 9.53 Å². The van der Waals surface area contributed by atoms with E-state index in [4.69, 9.17) is 0 Å². The molecule has 0 spiro atoms. The first-order chi connectivity index (χ1) is 10.5. The van der Waals surface area contributed by atoms with Gasteiger partial charge >= 0.3 is 12.0 Å². The van der Waals surface area contributed by atoms with Crippen LogP contribution in [0, 0.1) is 0 Å². The van der Waals surface area contributed by atoms with E-state index >= 15 is 0 Å². The Labute approximate surface area is 131 Å². The number of amides is 1. The van der Waals surface area contributed by atoms with Crippen molar-refractivity contribution in [3.05, 3.63) is 36.5 Å². The first-order valence-electron chi connectivity index (χ1n) is 6.49. The van der Waals surface area contributed by atoms with Crippen LogP contribution in [0.1, 0.15) is 0 Å². The number of anilines is 1. The normalized spacial score (nSPS) is 14.9. The fourth-order valence-corrected chi connectivity index (χ4v) is 2.97. The maximum absolute atomic E-state index is 13.8. The van der Waals surface area contributed by atoms with E-state index in [9.17, 15) is 26.7 Å². The highest BCUT2D eigenvalue weighted by atomic mass is 28.3. The number of rotatable bonds is 6. The van der Waals surface area contributed by atoms with Gasteiger partial charge in [-0.1, -0.05) is 36.1 Å². The van der Waals surface area contributed by atoms with E-state index in [1.165, 1.54) is 18.2 Å². The van der Waals surface area contributed by atoms with Gasteiger partial charge in [-0.05, 0) is 12.1 Å². The summed E-state index contributed by atoms with van der Waals surface area (Å²) in [5.41, 5.74) is 1.69. The van der Waals surface area contributed by atoms with Crippen LogP contribution in [0.2, 0.25) is 13.1 Å². The zero-order valence-electron chi connectivity index (χ0n) is 12.5. The molecule has 128 valence electrons. The van der Waals surface area contributed by atoms with Crippen LogP contribution >= 0.6 is 0 Å². The van der Waals surface area contributed by atoms with E-state index < -0.39 is 32.9 Å². The van der Waals surface area contributed by atoms with Gasteiger partial charge in [0.05, 0.1) is 0 Å². The van der Waals surface area contributed by atoms with E-state index in [1.807, 2.05) is 13.1 Å². The Morgan fingerprint density at radius 3 is 2.43 bits per heavy atom. The second-order valence-electron chi connectivity index (χ2n) is 5.31. The smallest absolute Gasteiger partial charge is 0.321 e. The Bertz CT molecular complexity index is 591. The Kier molecular flexibility index (Phi) is 5.70. The Morgan fingerprint density at radius 1 is 1.35 bits per heavy atom. The highest BCUT2D eigenvalue weighted by Gasteiger charge is 2.64. The summed E-state index contributed by atoms with van der Waals surface area (Å²) >= 11 is 0. The monoisotopic (exact) mass is 353 g/mol. The van der Waals surface area contributed by atoms with Crippen molar-refractivity contribution in [3.8, 4) is 0 Å². The summed E-state index contributed by atoms with van der Waals surface area (Å²) in [5.74, 6) is -6.90. The summed E-state index contributed by atoms with van der Waals surface area (Å²) in [4.78, 5) is 11.6. The van der Waals surface area contributed by atoms with Gasteiger partial charge in [0.1, 0.15) is 8.07 Å². The van der Waals surface area contributed by atoms with Gasteiger partial charge in [0.15, 0.2) is 6.86 Å². The molecule has 1 rings (SSSR count). The third-order valence-corrected chi connectivity index (χ3v) is 6.10. The van der Waals surface area contributed by atoms with E-state index in [0.29, 0.717) is 0 Å². The second kappa shape index (κ2) is 6.79. The van der Waals surface area contributed by atoms with Gasteiger partial charge in [0, 0.05) is 5.69 Å². The number of benzene rings is 1. The molecular formula is C14H16F5NO2Si. The maximum atomic E-state index is 13.8. The van der Waals surface area contributed by atoms with Gasteiger partial charge in [-0.25, -0.2) is 4.39 Å². The molecule has 0 aliphatic heterocycles. The zero-order chi connectivity index (χ0) is 17.9. The topological polar surface area (TPSA) is 38.3 Å². The number of hydrogen-bond acceptors (Lipinski definition) is 2. The van der Waals surface area contributed by atoms with Gasteiger partial charge in [0.2, 0.25) is 0 Å². The molecule has 1 aromatic carbocycles. The highest BCUT2D eigenvalue weighted by Crippen LogP contribution is 2.36. The number of ether oxygens (including phenoxy) is 1.